The molecule has 1 fully saturated rings. The Balaban J connectivity index is 1.80. The largest absolute Gasteiger partial charge is 0.481 e. The molecule has 1 aliphatic rings. The molecule has 138 valence electrons. The highest BCUT2D eigenvalue weighted by molar-refractivity contribution is 5.70. The zero-order valence-corrected chi connectivity index (χ0v) is 14.6. The van der Waals surface area contributed by atoms with Crippen LogP contribution in [0.25, 0.3) is 0 Å². The molecule has 1 saturated heterocycles. The van der Waals surface area contributed by atoms with Gasteiger partial charge in [-0.2, -0.15) is 0 Å². The number of carbonyl (C=O) groups is 1. The highest BCUT2D eigenvalue weighted by atomic mass is 16.5. The molecule has 8 heteroatoms. The number of carboxylic acid groups (broad SMARTS) is 1. The Kier molecular flexibility index (Phi) is 5.52. The number of aryl methyl sites for hydroxylation is 1. The molecule has 0 amide bonds. The van der Waals surface area contributed by atoms with Crippen molar-refractivity contribution in [3.8, 4) is 0 Å². The lowest BCUT2D eigenvalue weighted by Gasteiger charge is -2.29. The van der Waals surface area contributed by atoms with Crippen LogP contribution in [0.15, 0.2) is 35.4 Å². The molecule has 2 N–H and O–H groups in total. The zero-order chi connectivity index (χ0) is 18.5. The van der Waals surface area contributed by atoms with Gasteiger partial charge in [-0.15, -0.1) is 0 Å². The van der Waals surface area contributed by atoms with Gasteiger partial charge in [0.05, 0.1) is 26.2 Å². The van der Waals surface area contributed by atoms with E-state index >= 15 is 0 Å². The lowest BCUT2D eigenvalue weighted by atomic mass is 10.1. The number of nitrogens with one attached hydrogen (secondary N) is 1. The fourth-order valence-corrected chi connectivity index (χ4v) is 2.96. The van der Waals surface area contributed by atoms with Crippen LogP contribution in [0.1, 0.15) is 16.7 Å². The van der Waals surface area contributed by atoms with Gasteiger partial charge in [0.15, 0.2) is 0 Å². The fourth-order valence-electron chi connectivity index (χ4n) is 2.96. The van der Waals surface area contributed by atoms with Crippen molar-refractivity contribution in [2.45, 2.75) is 19.9 Å². The molecule has 0 aliphatic carbocycles. The summed E-state index contributed by atoms with van der Waals surface area (Å²) >= 11 is 0. The van der Waals surface area contributed by atoms with E-state index < -0.39 is 5.97 Å². The normalized spacial score (nSPS) is 14.3. The molecule has 0 spiro atoms. The second-order valence-corrected chi connectivity index (χ2v) is 6.14. The Bertz CT molecular complexity index is 843. The van der Waals surface area contributed by atoms with Gasteiger partial charge in [-0.05, 0) is 24.6 Å². The maximum Gasteiger partial charge on any atom is 0.308 e. The number of aliphatic carboxylic acids is 1. The van der Waals surface area contributed by atoms with Gasteiger partial charge in [-0.25, -0.2) is 9.66 Å². The Hall–Kier alpha value is -2.87. The molecular formula is C18H22N4O4. The summed E-state index contributed by atoms with van der Waals surface area (Å²) in [5, 5.41) is 9.00. The highest BCUT2D eigenvalue weighted by Crippen LogP contribution is 2.18. The average molecular weight is 358 g/mol. The minimum absolute atomic E-state index is 0.284. The van der Waals surface area contributed by atoms with Crippen LogP contribution >= 0.6 is 0 Å². The van der Waals surface area contributed by atoms with Crippen molar-refractivity contribution in [3.63, 3.8) is 0 Å². The molecule has 2 aromatic rings. The Morgan fingerprint density at radius 1 is 1.35 bits per heavy atom. The number of nitrogens with zero attached hydrogens (tertiary/aromatic N) is 3. The molecule has 0 radical (unpaired) electrons. The number of aromatic nitrogens is 2. The predicted molar refractivity (Wildman–Crippen MR) is 97.1 cm³/mol. The Labute approximate surface area is 151 Å². The number of morpholine rings is 1. The van der Waals surface area contributed by atoms with Gasteiger partial charge >= 0.3 is 5.97 Å². The summed E-state index contributed by atoms with van der Waals surface area (Å²) in [5.74, 6) is -0.154. The van der Waals surface area contributed by atoms with Gasteiger partial charge < -0.3 is 20.2 Å². The highest BCUT2D eigenvalue weighted by Gasteiger charge is 2.16. The van der Waals surface area contributed by atoms with Crippen molar-refractivity contribution < 1.29 is 14.6 Å². The van der Waals surface area contributed by atoms with Crippen LogP contribution < -0.4 is 15.9 Å². The second-order valence-electron chi connectivity index (χ2n) is 6.14. The number of anilines is 1. The van der Waals surface area contributed by atoms with E-state index in [0.29, 0.717) is 25.3 Å². The smallest absolute Gasteiger partial charge is 0.308 e. The number of carboxylic acids is 1. The van der Waals surface area contributed by atoms with Crippen LogP contribution in [0.5, 0.6) is 0 Å². The summed E-state index contributed by atoms with van der Waals surface area (Å²) in [6.45, 7) is 5.02. The fraction of sp³-hybridized carbons (Fsp3) is 0.389. The molecule has 3 heterocycles. The summed E-state index contributed by atoms with van der Waals surface area (Å²) in [4.78, 5) is 30.2. The van der Waals surface area contributed by atoms with Gasteiger partial charge in [-0.1, -0.05) is 6.07 Å². The van der Waals surface area contributed by atoms with Gasteiger partial charge in [0.25, 0.3) is 5.56 Å². The van der Waals surface area contributed by atoms with E-state index in [4.69, 9.17) is 9.84 Å². The SMILES string of the molecule is Cc1ccn(NCc2cccnc2N2CCOCC2)c(=O)c1CC(=O)O. The van der Waals surface area contributed by atoms with E-state index in [1.807, 2.05) is 12.1 Å². The van der Waals surface area contributed by atoms with Crippen LogP contribution in [0.3, 0.4) is 0 Å². The summed E-state index contributed by atoms with van der Waals surface area (Å²) < 4.78 is 6.72. The topological polar surface area (TPSA) is 96.7 Å². The van der Waals surface area contributed by atoms with Gasteiger partial charge in [0.1, 0.15) is 5.82 Å². The first-order valence-corrected chi connectivity index (χ1v) is 8.49. The van der Waals surface area contributed by atoms with Gasteiger partial charge in [0, 0.05) is 36.6 Å². The third-order valence-corrected chi connectivity index (χ3v) is 4.37. The van der Waals surface area contributed by atoms with Crippen LogP contribution in [0, 0.1) is 6.92 Å². The molecule has 3 rings (SSSR count). The molecule has 0 unspecified atom stereocenters. The van der Waals surface area contributed by atoms with Crippen LogP contribution in [-0.2, 0) is 22.5 Å². The molecule has 1 aliphatic heterocycles. The number of ether oxygens (including phenoxy) is 1. The molecule has 0 saturated carbocycles. The van der Waals surface area contributed by atoms with Crippen LogP contribution in [0.2, 0.25) is 0 Å². The third kappa shape index (κ3) is 4.02. The molecule has 0 bridgehead atoms. The summed E-state index contributed by atoms with van der Waals surface area (Å²) in [6, 6.07) is 5.55. The first-order chi connectivity index (χ1) is 12.6. The summed E-state index contributed by atoms with van der Waals surface area (Å²) in [7, 11) is 0. The predicted octanol–water partition coefficient (Wildman–Crippen LogP) is 0.759. The molecule has 0 aromatic carbocycles. The average Bonchev–Trinajstić information content (AvgIpc) is 2.65. The number of hydrogen-bond acceptors (Lipinski definition) is 6. The lowest BCUT2D eigenvalue weighted by Crippen LogP contribution is -2.38. The van der Waals surface area contributed by atoms with Crippen molar-refractivity contribution in [2.24, 2.45) is 0 Å². The van der Waals surface area contributed by atoms with E-state index in [1.54, 1.807) is 25.4 Å². The van der Waals surface area contributed by atoms with Crippen LogP contribution in [0.4, 0.5) is 5.82 Å². The van der Waals surface area contributed by atoms with Gasteiger partial charge in [-0.3, -0.25) is 9.59 Å². The number of rotatable bonds is 6. The molecule has 8 nitrogen and oxygen atoms in total. The Morgan fingerprint density at radius 2 is 2.12 bits per heavy atom. The Morgan fingerprint density at radius 3 is 2.85 bits per heavy atom. The van der Waals surface area contributed by atoms with Crippen molar-refractivity contribution in [1.29, 1.82) is 0 Å². The monoisotopic (exact) mass is 358 g/mol. The first kappa shape index (κ1) is 17.9. The van der Waals surface area contributed by atoms with E-state index in [2.05, 4.69) is 15.3 Å². The lowest BCUT2D eigenvalue weighted by molar-refractivity contribution is -0.136. The third-order valence-electron chi connectivity index (χ3n) is 4.37. The second kappa shape index (κ2) is 8.01. The van der Waals surface area contributed by atoms with E-state index in [0.717, 1.165) is 24.5 Å². The van der Waals surface area contributed by atoms with Crippen molar-refractivity contribution in [2.75, 3.05) is 36.6 Å². The van der Waals surface area contributed by atoms with Crippen molar-refractivity contribution >= 4 is 11.8 Å². The quantitative estimate of drug-likeness (QED) is 0.787. The van der Waals surface area contributed by atoms with E-state index in [1.165, 1.54) is 4.68 Å². The molecule has 2 aromatic heterocycles. The maximum absolute atomic E-state index is 12.5. The van der Waals surface area contributed by atoms with E-state index in [-0.39, 0.29) is 17.5 Å². The molecular weight excluding hydrogens is 336 g/mol. The number of hydrogen-bond donors (Lipinski definition) is 2. The summed E-state index contributed by atoms with van der Waals surface area (Å²) in [5.41, 5.74) is 4.64. The maximum atomic E-state index is 12.5. The van der Waals surface area contributed by atoms with E-state index in [9.17, 15) is 9.59 Å². The number of pyridine rings is 2. The first-order valence-electron chi connectivity index (χ1n) is 8.49. The van der Waals surface area contributed by atoms with Crippen molar-refractivity contribution in [3.05, 3.63) is 57.6 Å². The molecule has 0 atom stereocenters. The summed E-state index contributed by atoms with van der Waals surface area (Å²) in [6.07, 6.45) is 3.07. The van der Waals surface area contributed by atoms with Gasteiger partial charge in [0.2, 0.25) is 0 Å². The standard InChI is InChI=1S/C18H22N4O4/c1-13-4-6-22(18(25)15(13)11-16(23)24)20-12-14-3-2-5-19-17(14)21-7-9-26-10-8-21/h2-6,20H,7-12H2,1H3,(H,23,24). The van der Waals surface area contributed by atoms with Crippen molar-refractivity contribution in [1.82, 2.24) is 9.66 Å². The van der Waals surface area contributed by atoms with Crippen LogP contribution in [-0.4, -0.2) is 47.0 Å². The minimum atomic E-state index is -1.02. The zero-order valence-electron chi connectivity index (χ0n) is 14.6. The minimum Gasteiger partial charge on any atom is -0.481 e. The molecule has 26 heavy (non-hydrogen) atoms.